The summed E-state index contributed by atoms with van der Waals surface area (Å²) in [7, 11) is -4.35. The van der Waals surface area contributed by atoms with Crippen molar-refractivity contribution in [1.82, 2.24) is 5.32 Å². The molecule has 6 nitrogen and oxygen atoms in total. The molecule has 0 aliphatic carbocycles. The first-order valence-electron chi connectivity index (χ1n) is 17.5. The first-order chi connectivity index (χ1) is 21.3. The lowest BCUT2D eigenvalue weighted by Crippen LogP contribution is -2.46. The Balaban J connectivity index is 4.08. The molecule has 0 bridgehead atoms. The molecular formula is C37H65NO5S. The Bertz CT molecular complexity index is 920. The van der Waals surface area contributed by atoms with Crippen LogP contribution in [0.3, 0.4) is 0 Å². The highest BCUT2D eigenvalue weighted by atomic mass is 32.2. The number of aliphatic hydroxyl groups is 1. The average Bonchev–Trinajstić information content (AvgIpc) is 2.98. The van der Waals surface area contributed by atoms with E-state index in [1.54, 1.807) is 6.08 Å². The molecule has 2 atom stereocenters. The van der Waals surface area contributed by atoms with Gasteiger partial charge in [-0.15, -0.1) is 0 Å². The van der Waals surface area contributed by atoms with Crippen LogP contribution in [-0.4, -0.2) is 41.9 Å². The lowest BCUT2D eigenvalue weighted by molar-refractivity contribution is -0.122. The minimum atomic E-state index is -4.35. The van der Waals surface area contributed by atoms with E-state index < -0.39 is 28.0 Å². The molecule has 3 N–H and O–H groups in total. The molecule has 44 heavy (non-hydrogen) atoms. The fraction of sp³-hybridized carbons (Fsp3) is 0.703. The number of hydrogen-bond acceptors (Lipinski definition) is 4. The number of amides is 1. The van der Waals surface area contributed by atoms with E-state index in [0.717, 1.165) is 57.8 Å². The average molecular weight is 636 g/mol. The van der Waals surface area contributed by atoms with Gasteiger partial charge in [0.05, 0.1) is 17.9 Å². The SMILES string of the molecule is CCCC/C=C/CC/C=C/CC/C=C/C(O)C(CS(=O)(=O)O)NC(=O)CCCCCCCCC/C=C\C/C=C\CCCCC. The first-order valence-corrected chi connectivity index (χ1v) is 19.1. The molecule has 0 saturated carbocycles. The normalized spacial score (nSPS) is 14.2. The van der Waals surface area contributed by atoms with Crippen molar-refractivity contribution < 1.29 is 22.9 Å². The second kappa shape index (κ2) is 31.0. The Hall–Kier alpha value is -1.96. The molecule has 0 saturated heterocycles. The van der Waals surface area contributed by atoms with E-state index in [-0.39, 0.29) is 12.3 Å². The van der Waals surface area contributed by atoms with E-state index >= 15 is 0 Å². The zero-order valence-electron chi connectivity index (χ0n) is 28.0. The molecule has 0 aromatic heterocycles. The van der Waals surface area contributed by atoms with Gasteiger partial charge in [-0.2, -0.15) is 8.42 Å². The third kappa shape index (κ3) is 31.5. The van der Waals surface area contributed by atoms with Crippen LogP contribution in [0.4, 0.5) is 0 Å². The summed E-state index contributed by atoms with van der Waals surface area (Å²) in [6.45, 7) is 4.42. The topological polar surface area (TPSA) is 104 Å². The number of carbonyl (C=O) groups is 1. The molecule has 0 fully saturated rings. The summed E-state index contributed by atoms with van der Waals surface area (Å²) in [5, 5.41) is 13.1. The summed E-state index contributed by atoms with van der Waals surface area (Å²) in [5.41, 5.74) is 0. The van der Waals surface area contributed by atoms with Gasteiger partial charge in [-0.1, -0.05) is 132 Å². The van der Waals surface area contributed by atoms with Gasteiger partial charge in [-0.3, -0.25) is 9.35 Å². The van der Waals surface area contributed by atoms with E-state index in [9.17, 15) is 22.9 Å². The molecule has 0 rings (SSSR count). The Kier molecular flexibility index (Phi) is 29.7. The molecule has 0 radical (unpaired) electrons. The van der Waals surface area contributed by atoms with Crippen LogP contribution in [-0.2, 0) is 14.9 Å². The highest BCUT2D eigenvalue weighted by molar-refractivity contribution is 7.85. The minimum absolute atomic E-state index is 0.273. The van der Waals surface area contributed by atoms with Gasteiger partial charge in [0.25, 0.3) is 10.1 Å². The lowest BCUT2D eigenvalue weighted by atomic mass is 10.1. The van der Waals surface area contributed by atoms with Crippen molar-refractivity contribution in [1.29, 1.82) is 0 Å². The van der Waals surface area contributed by atoms with Crippen molar-refractivity contribution in [3.8, 4) is 0 Å². The van der Waals surface area contributed by atoms with Gasteiger partial charge in [0.2, 0.25) is 5.91 Å². The van der Waals surface area contributed by atoms with Crippen LogP contribution in [0.1, 0.15) is 149 Å². The summed E-state index contributed by atoms with van der Waals surface area (Å²) in [6.07, 6.45) is 42.0. The maximum absolute atomic E-state index is 12.4. The van der Waals surface area contributed by atoms with Crippen molar-refractivity contribution in [2.75, 3.05) is 5.75 Å². The molecule has 0 spiro atoms. The molecule has 254 valence electrons. The number of nitrogens with one attached hydrogen (secondary N) is 1. The molecule has 2 unspecified atom stereocenters. The fourth-order valence-corrected chi connectivity index (χ4v) is 5.46. The van der Waals surface area contributed by atoms with Gasteiger partial charge in [0.15, 0.2) is 0 Å². The quantitative estimate of drug-likeness (QED) is 0.0414. The zero-order valence-corrected chi connectivity index (χ0v) is 28.8. The molecule has 0 aliphatic rings. The minimum Gasteiger partial charge on any atom is -0.387 e. The molecular weight excluding hydrogens is 570 g/mol. The lowest BCUT2D eigenvalue weighted by Gasteiger charge is -2.21. The van der Waals surface area contributed by atoms with Crippen LogP contribution in [0.15, 0.2) is 60.8 Å². The largest absolute Gasteiger partial charge is 0.387 e. The maximum Gasteiger partial charge on any atom is 0.267 e. The van der Waals surface area contributed by atoms with Crippen LogP contribution in [0.5, 0.6) is 0 Å². The zero-order chi connectivity index (χ0) is 32.6. The van der Waals surface area contributed by atoms with E-state index in [2.05, 4.69) is 67.8 Å². The predicted octanol–water partition coefficient (Wildman–Crippen LogP) is 9.73. The molecule has 0 heterocycles. The monoisotopic (exact) mass is 635 g/mol. The predicted molar refractivity (Wildman–Crippen MR) is 188 cm³/mol. The van der Waals surface area contributed by atoms with Crippen LogP contribution in [0.2, 0.25) is 0 Å². The van der Waals surface area contributed by atoms with E-state index in [0.29, 0.717) is 12.8 Å². The van der Waals surface area contributed by atoms with Crippen molar-refractivity contribution >= 4 is 16.0 Å². The summed E-state index contributed by atoms with van der Waals surface area (Å²) in [6, 6.07) is -1.08. The Labute approximate surface area is 271 Å². The maximum atomic E-state index is 12.4. The second-order valence-electron chi connectivity index (χ2n) is 11.8. The number of allylic oxidation sites excluding steroid dienone is 9. The van der Waals surface area contributed by atoms with Crippen molar-refractivity contribution in [2.45, 2.75) is 161 Å². The standard InChI is InChI=1S/C37H65NO5S/c1-3-5-7-9-11-13-15-17-18-19-20-21-23-25-27-29-31-33-37(40)38-35(34-44(41,42)43)36(39)32-30-28-26-24-22-16-14-12-10-8-6-4-2/h10-13,17-18,22,24,30,32,35-36,39H,3-9,14-16,19-21,23,25-29,31,33-34H2,1-2H3,(H,38,40)(H,41,42,43)/b12-10+,13-11-,18-17-,24-22+,32-30+. The molecule has 0 aromatic carbocycles. The number of rotatable bonds is 30. The number of carbonyl (C=O) groups excluding carboxylic acids is 1. The Morgan fingerprint density at radius 1 is 0.614 bits per heavy atom. The summed E-state index contributed by atoms with van der Waals surface area (Å²) in [4.78, 5) is 12.4. The van der Waals surface area contributed by atoms with Crippen molar-refractivity contribution in [2.24, 2.45) is 0 Å². The Morgan fingerprint density at radius 3 is 1.64 bits per heavy atom. The smallest absolute Gasteiger partial charge is 0.267 e. The van der Waals surface area contributed by atoms with Crippen molar-refractivity contribution in [3.05, 3.63) is 60.8 Å². The summed E-state index contributed by atoms with van der Waals surface area (Å²) >= 11 is 0. The van der Waals surface area contributed by atoms with E-state index in [4.69, 9.17) is 0 Å². The molecule has 0 aliphatic heterocycles. The third-order valence-corrected chi connectivity index (χ3v) is 8.17. The van der Waals surface area contributed by atoms with Crippen LogP contribution < -0.4 is 5.32 Å². The molecule has 7 heteroatoms. The van der Waals surface area contributed by atoms with Crippen LogP contribution in [0.25, 0.3) is 0 Å². The van der Waals surface area contributed by atoms with Crippen molar-refractivity contribution in [3.63, 3.8) is 0 Å². The number of aliphatic hydroxyl groups excluding tert-OH is 1. The van der Waals surface area contributed by atoms with Gasteiger partial charge in [-0.05, 0) is 70.6 Å². The number of unbranched alkanes of at least 4 members (excludes halogenated alkanes) is 14. The summed E-state index contributed by atoms with van der Waals surface area (Å²) in [5.74, 6) is -1.03. The van der Waals surface area contributed by atoms with E-state index in [1.165, 1.54) is 63.9 Å². The van der Waals surface area contributed by atoms with Gasteiger partial charge in [0.1, 0.15) is 0 Å². The highest BCUT2D eigenvalue weighted by Gasteiger charge is 2.24. The van der Waals surface area contributed by atoms with Crippen LogP contribution in [0, 0.1) is 0 Å². The number of hydrogen-bond donors (Lipinski definition) is 3. The summed E-state index contributed by atoms with van der Waals surface area (Å²) < 4.78 is 32.3. The van der Waals surface area contributed by atoms with Gasteiger partial charge in [-0.25, -0.2) is 0 Å². The van der Waals surface area contributed by atoms with Gasteiger partial charge in [0, 0.05) is 6.42 Å². The van der Waals surface area contributed by atoms with Gasteiger partial charge >= 0.3 is 0 Å². The second-order valence-corrected chi connectivity index (χ2v) is 13.3. The first kappa shape index (κ1) is 42.0. The van der Waals surface area contributed by atoms with E-state index in [1.807, 2.05) is 0 Å². The highest BCUT2D eigenvalue weighted by Crippen LogP contribution is 2.11. The van der Waals surface area contributed by atoms with Crippen LogP contribution >= 0.6 is 0 Å². The van der Waals surface area contributed by atoms with Gasteiger partial charge < -0.3 is 10.4 Å². The Morgan fingerprint density at radius 2 is 1.07 bits per heavy atom. The fourth-order valence-electron chi connectivity index (χ4n) is 4.73. The molecule has 1 amide bonds. The third-order valence-electron chi connectivity index (χ3n) is 7.39. The molecule has 0 aromatic rings.